The molecule has 0 aliphatic heterocycles. The van der Waals surface area contributed by atoms with E-state index < -0.39 is 0 Å². The molecule has 2 heterocycles. The number of hydrogen-bond acceptors (Lipinski definition) is 4. The lowest BCUT2D eigenvalue weighted by Crippen LogP contribution is -2.37. The van der Waals surface area contributed by atoms with Crippen LogP contribution in [-0.4, -0.2) is 25.2 Å². The number of rotatable bonds is 3. The summed E-state index contributed by atoms with van der Waals surface area (Å²) in [5.41, 5.74) is 0.160. The second-order valence-electron chi connectivity index (χ2n) is 4.81. The lowest BCUT2D eigenvalue weighted by Gasteiger charge is -2.14. The highest BCUT2D eigenvalue weighted by molar-refractivity contribution is 5.74. The van der Waals surface area contributed by atoms with E-state index in [0.29, 0.717) is 23.7 Å². The van der Waals surface area contributed by atoms with E-state index in [2.05, 4.69) is 10.3 Å². The molecule has 2 aromatic rings. The van der Waals surface area contributed by atoms with Crippen LogP contribution < -0.4 is 16.6 Å². The third-order valence-corrected chi connectivity index (χ3v) is 3.14. The van der Waals surface area contributed by atoms with E-state index in [9.17, 15) is 9.59 Å². The van der Waals surface area contributed by atoms with Crippen LogP contribution in [0.4, 0.5) is 5.95 Å². The van der Waals surface area contributed by atoms with Gasteiger partial charge in [-0.25, -0.2) is 9.78 Å². The van der Waals surface area contributed by atoms with Gasteiger partial charge in [0, 0.05) is 26.7 Å². The van der Waals surface area contributed by atoms with Crippen LogP contribution in [0.15, 0.2) is 9.59 Å². The Labute approximate surface area is 110 Å². The molecule has 1 N–H and O–H groups in total. The molecule has 2 rings (SSSR count). The maximum Gasteiger partial charge on any atom is 0.332 e. The van der Waals surface area contributed by atoms with Gasteiger partial charge < -0.3 is 5.32 Å². The standard InChI is InChI=1S/C12H19N5O2/c1-6-13-11-14-8-9(17(11)7(2)3)15(4)12(19)16(5)10(8)18/h7H,6H2,1-5H3,(H,13,14). The molecule has 0 radical (unpaired) electrons. The Morgan fingerprint density at radius 2 is 1.84 bits per heavy atom. The average molecular weight is 265 g/mol. The third kappa shape index (κ3) is 1.85. The maximum absolute atomic E-state index is 12.1. The average Bonchev–Trinajstić information content (AvgIpc) is 2.74. The summed E-state index contributed by atoms with van der Waals surface area (Å²) in [6.07, 6.45) is 0. The fourth-order valence-corrected chi connectivity index (χ4v) is 2.22. The molecule has 0 aliphatic rings. The molecule has 7 heteroatoms. The molecule has 0 fully saturated rings. The highest BCUT2D eigenvalue weighted by Crippen LogP contribution is 2.20. The predicted molar refractivity (Wildman–Crippen MR) is 74.8 cm³/mol. The summed E-state index contributed by atoms with van der Waals surface area (Å²) in [5, 5.41) is 3.13. The summed E-state index contributed by atoms with van der Waals surface area (Å²) in [6, 6.07) is 0.0942. The lowest BCUT2D eigenvalue weighted by atomic mass is 10.4. The molecule has 0 saturated heterocycles. The monoisotopic (exact) mass is 265 g/mol. The van der Waals surface area contributed by atoms with Crippen LogP contribution in [0.3, 0.4) is 0 Å². The minimum atomic E-state index is -0.364. The van der Waals surface area contributed by atoms with Crippen molar-refractivity contribution in [2.24, 2.45) is 14.1 Å². The number of aryl methyl sites for hydroxylation is 1. The van der Waals surface area contributed by atoms with Crippen LogP contribution in [0.25, 0.3) is 11.2 Å². The van der Waals surface area contributed by atoms with E-state index in [1.54, 1.807) is 7.05 Å². The van der Waals surface area contributed by atoms with Crippen LogP contribution in [0.1, 0.15) is 26.8 Å². The summed E-state index contributed by atoms with van der Waals surface area (Å²) < 4.78 is 4.42. The summed E-state index contributed by atoms with van der Waals surface area (Å²) >= 11 is 0. The van der Waals surface area contributed by atoms with Gasteiger partial charge in [-0.2, -0.15) is 0 Å². The summed E-state index contributed by atoms with van der Waals surface area (Å²) in [6.45, 7) is 6.64. The summed E-state index contributed by atoms with van der Waals surface area (Å²) in [4.78, 5) is 28.5. The molecule has 0 aliphatic carbocycles. The van der Waals surface area contributed by atoms with Crippen LogP contribution in [0.2, 0.25) is 0 Å². The van der Waals surface area contributed by atoms with Crippen LogP contribution in [0.5, 0.6) is 0 Å². The van der Waals surface area contributed by atoms with Crippen molar-refractivity contribution < 1.29 is 0 Å². The van der Waals surface area contributed by atoms with Gasteiger partial charge in [-0.15, -0.1) is 0 Å². The molecule has 2 aromatic heterocycles. The van der Waals surface area contributed by atoms with Gasteiger partial charge in [-0.1, -0.05) is 0 Å². The summed E-state index contributed by atoms with van der Waals surface area (Å²) in [5.74, 6) is 0.616. The fraction of sp³-hybridized carbons (Fsp3) is 0.583. The van der Waals surface area contributed by atoms with Crippen molar-refractivity contribution >= 4 is 17.1 Å². The Morgan fingerprint density at radius 1 is 1.21 bits per heavy atom. The molecule has 104 valence electrons. The smallest absolute Gasteiger partial charge is 0.332 e. The first-order valence-electron chi connectivity index (χ1n) is 6.32. The molecule has 0 bridgehead atoms. The topological polar surface area (TPSA) is 73.8 Å². The normalized spacial score (nSPS) is 11.5. The Bertz CT molecular complexity index is 735. The van der Waals surface area contributed by atoms with Crippen LogP contribution in [0, 0.1) is 0 Å². The minimum Gasteiger partial charge on any atom is -0.356 e. The van der Waals surface area contributed by atoms with Crippen molar-refractivity contribution in [1.82, 2.24) is 18.7 Å². The Balaban J connectivity index is 3.01. The van der Waals surface area contributed by atoms with Crippen molar-refractivity contribution in [3.8, 4) is 0 Å². The number of imidazole rings is 1. The SMILES string of the molecule is CCNc1nc2c(=O)n(C)c(=O)n(C)c2n1C(C)C. The highest BCUT2D eigenvalue weighted by Gasteiger charge is 2.19. The van der Waals surface area contributed by atoms with Crippen molar-refractivity contribution in [3.63, 3.8) is 0 Å². The Kier molecular flexibility index (Phi) is 3.21. The molecular weight excluding hydrogens is 246 g/mol. The molecule has 0 saturated carbocycles. The zero-order chi connectivity index (χ0) is 14.3. The quantitative estimate of drug-likeness (QED) is 0.874. The number of hydrogen-bond donors (Lipinski definition) is 1. The number of aromatic nitrogens is 4. The molecule has 0 unspecified atom stereocenters. The van der Waals surface area contributed by atoms with Gasteiger partial charge in [-0.05, 0) is 20.8 Å². The first-order chi connectivity index (χ1) is 8.90. The second kappa shape index (κ2) is 4.56. The first-order valence-corrected chi connectivity index (χ1v) is 6.32. The van der Waals surface area contributed by atoms with E-state index in [1.165, 1.54) is 11.6 Å². The lowest BCUT2D eigenvalue weighted by molar-refractivity contribution is 0.599. The molecule has 0 aromatic carbocycles. The highest BCUT2D eigenvalue weighted by atomic mass is 16.2. The zero-order valence-electron chi connectivity index (χ0n) is 11.9. The minimum absolute atomic E-state index is 0.0942. The van der Waals surface area contributed by atoms with Gasteiger partial charge in [0.05, 0.1) is 0 Å². The number of fused-ring (bicyclic) bond motifs is 1. The van der Waals surface area contributed by atoms with Crippen molar-refractivity contribution in [2.45, 2.75) is 26.8 Å². The van der Waals surface area contributed by atoms with Crippen molar-refractivity contribution in [1.29, 1.82) is 0 Å². The molecule has 0 amide bonds. The van der Waals surface area contributed by atoms with E-state index in [-0.39, 0.29) is 17.3 Å². The largest absolute Gasteiger partial charge is 0.356 e. The Hall–Kier alpha value is -2.05. The van der Waals surface area contributed by atoms with E-state index in [1.807, 2.05) is 25.3 Å². The summed E-state index contributed by atoms with van der Waals surface area (Å²) in [7, 11) is 3.12. The Morgan fingerprint density at radius 3 is 2.37 bits per heavy atom. The predicted octanol–water partition coefficient (Wildman–Crippen LogP) is 0.446. The van der Waals surface area contributed by atoms with Gasteiger partial charge in [0.1, 0.15) is 0 Å². The van der Waals surface area contributed by atoms with Crippen molar-refractivity contribution in [3.05, 3.63) is 20.8 Å². The van der Waals surface area contributed by atoms with E-state index >= 15 is 0 Å². The van der Waals surface area contributed by atoms with Gasteiger partial charge >= 0.3 is 5.69 Å². The third-order valence-electron chi connectivity index (χ3n) is 3.14. The van der Waals surface area contributed by atoms with Gasteiger partial charge in [0.25, 0.3) is 5.56 Å². The van der Waals surface area contributed by atoms with Gasteiger partial charge in [-0.3, -0.25) is 18.5 Å². The number of anilines is 1. The van der Waals surface area contributed by atoms with Gasteiger partial charge in [0.15, 0.2) is 11.2 Å². The van der Waals surface area contributed by atoms with E-state index in [4.69, 9.17) is 0 Å². The molecule has 19 heavy (non-hydrogen) atoms. The maximum atomic E-state index is 12.1. The molecule has 7 nitrogen and oxygen atoms in total. The van der Waals surface area contributed by atoms with Crippen LogP contribution in [-0.2, 0) is 14.1 Å². The number of nitrogens with one attached hydrogen (secondary N) is 1. The molecular formula is C12H19N5O2. The number of nitrogens with zero attached hydrogens (tertiary/aromatic N) is 4. The van der Waals surface area contributed by atoms with Crippen molar-refractivity contribution in [2.75, 3.05) is 11.9 Å². The molecule has 0 atom stereocenters. The van der Waals surface area contributed by atoms with E-state index in [0.717, 1.165) is 4.57 Å². The second-order valence-corrected chi connectivity index (χ2v) is 4.81. The first kappa shape index (κ1) is 13.4. The fourth-order valence-electron chi connectivity index (χ4n) is 2.22. The van der Waals surface area contributed by atoms with Gasteiger partial charge in [0.2, 0.25) is 5.95 Å². The zero-order valence-corrected chi connectivity index (χ0v) is 11.9. The molecule has 0 spiro atoms. The van der Waals surface area contributed by atoms with Crippen LogP contribution >= 0.6 is 0 Å².